The highest BCUT2D eigenvalue weighted by Crippen LogP contribution is 2.04. The number of rotatable bonds is 6. The number of carbonyl (C=O) groups is 1. The number of carbonyl (C=O) groups excluding carboxylic acids is 1. The third-order valence-corrected chi connectivity index (χ3v) is 1.91. The summed E-state index contributed by atoms with van der Waals surface area (Å²) in [6.45, 7) is 3.12. The zero-order chi connectivity index (χ0) is 11.8. The van der Waals surface area contributed by atoms with Crippen LogP contribution < -0.4 is 16.0 Å². The Morgan fingerprint density at radius 1 is 1.50 bits per heavy atom. The Morgan fingerprint density at radius 2 is 2.31 bits per heavy atom. The van der Waals surface area contributed by atoms with E-state index in [4.69, 9.17) is 0 Å². The lowest BCUT2D eigenvalue weighted by Gasteiger charge is -2.06. The summed E-state index contributed by atoms with van der Waals surface area (Å²) in [6.07, 6.45) is 2.10. The Balaban J connectivity index is 2.34. The van der Waals surface area contributed by atoms with Crippen LogP contribution in [0.1, 0.15) is 13.3 Å². The summed E-state index contributed by atoms with van der Waals surface area (Å²) in [5.74, 6) is 1.31. The van der Waals surface area contributed by atoms with Crippen molar-refractivity contribution in [1.29, 1.82) is 0 Å². The molecule has 0 saturated heterocycles. The van der Waals surface area contributed by atoms with Crippen LogP contribution in [-0.4, -0.2) is 36.0 Å². The summed E-state index contributed by atoms with van der Waals surface area (Å²) in [5, 5.41) is 8.63. The van der Waals surface area contributed by atoms with Gasteiger partial charge in [0.2, 0.25) is 11.9 Å². The van der Waals surface area contributed by atoms with E-state index in [9.17, 15) is 4.79 Å². The van der Waals surface area contributed by atoms with Crippen molar-refractivity contribution in [1.82, 2.24) is 15.3 Å². The molecule has 6 nitrogen and oxygen atoms in total. The summed E-state index contributed by atoms with van der Waals surface area (Å²) < 4.78 is 0. The minimum Gasteiger partial charge on any atom is -0.369 e. The maximum Gasteiger partial charge on any atom is 0.224 e. The van der Waals surface area contributed by atoms with Gasteiger partial charge >= 0.3 is 0 Å². The second kappa shape index (κ2) is 6.60. The first-order valence-corrected chi connectivity index (χ1v) is 5.27. The molecular formula is C10H17N5O. The average molecular weight is 223 g/mol. The standard InChI is InChI=1S/C10H17N5O/c1-3-12-9(16)5-7-13-8-4-6-14-10(11-2)15-8/h4,6H,3,5,7H2,1-2H3,(H,12,16)(H2,11,13,14,15). The molecule has 0 unspecified atom stereocenters. The van der Waals surface area contributed by atoms with Gasteiger partial charge in [0.25, 0.3) is 0 Å². The fraction of sp³-hybridized carbons (Fsp3) is 0.500. The number of aromatic nitrogens is 2. The second-order valence-electron chi connectivity index (χ2n) is 3.15. The maximum atomic E-state index is 11.2. The van der Waals surface area contributed by atoms with E-state index in [1.807, 2.05) is 6.92 Å². The van der Waals surface area contributed by atoms with Crippen LogP contribution in [0.25, 0.3) is 0 Å². The van der Waals surface area contributed by atoms with E-state index in [-0.39, 0.29) is 5.91 Å². The van der Waals surface area contributed by atoms with Gasteiger partial charge in [0.1, 0.15) is 5.82 Å². The second-order valence-corrected chi connectivity index (χ2v) is 3.15. The van der Waals surface area contributed by atoms with Gasteiger partial charge in [-0.3, -0.25) is 4.79 Å². The van der Waals surface area contributed by atoms with Crippen LogP contribution in [0.4, 0.5) is 11.8 Å². The van der Waals surface area contributed by atoms with E-state index in [0.717, 1.165) is 0 Å². The molecule has 88 valence electrons. The Hall–Kier alpha value is -1.85. The van der Waals surface area contributed by atoms with Gasteiger partial charge in [0, 0.05) is 32.8 Å². The lowest BCUT2D eigenvalue weighted by Crippen LogP contribution is -2.24. The van der Waals surface area contributed by atoms with E-state index >= 15 is 0 Å². The van der Waals surface area contributed by atoms with Crippen molar-refractivity contribution in [3.63, 3.8) is 0 Å². The van der Waals surface area contributed by atoms with Gasteiger partial charge < -0.3 is 16.0 Å². The van der Waals surface area contributed by atoms with Crippen molar-refractivity contribution < 1.29 is 4.79 Å². The molecule has 0 aromatic carbocycles. The molecule has 0 aliphatic heterocycles. The Bertz CT molecular complexity index is 342. The molecule has 16 heavy (non-hydrogen) atoms. The molecular weight excluding hydrogens is 206 g/mol. The van der Waals surface area contributed by atoms with Crippen LogP contribution in [-0.2, 0) is 4.79 Å². The quantitative estimate of drug-likeness (QED) is 0.653. The van der Waals surface area contributed by atoms with E-state index in [1.165, 1.54) is 0 Å². The fourth-order valence-corrected chi connectivity index (χ4v) is 1.17. The van der Waals surface area contributed by atoms with Crippen molar-refractivity contribution in [3.8, 4) is 0 Å². The van der Waals surface area contributed by atoms with Crippen molar-refractivity contribution in [2.45, 2.75) is 13.3 Å². The van der Waals surface area contributed by atoms with Gasteiger partial charge in [-0.25, -0.2) is 4.98 Å². The number of nitrogens with zero attached hydrogens (tertiary/aromatic N) is 2. The highest BCUT2D eigenvalue weighted by molar-refractivity contribution is 5.76. The number of amides is 1. The van der Waals surface area contributed by atoms with E-state index in [2.05, 4.69) is 25.9 Å². The summed E-state index contributed by atoms with van der Waals surface area (Å²) in [7, 11) is 1.76. The molecule has 0 aliphatic rings. The molecule has 1 rings (SSSR count). The number of hydrogen-bond donors (Lipinski definition) is 3. The summed E-state index contributed by atoms with van der Waals surface area (Å²) in [4.78, 5) is 19.3. The van der Waals surface area contributed by atoms with Gasteiger partial charge in [-0.15, -0.1) is 0 Å². The van der Waals surface area contributed by atoms with Crippen LogP contribution in [0.15, 0.2) is 12.3 Å². The van der Waals surface area contributed by atoms with E-state index in [1.54, 1.807) is 19.3 Å². The topological polar surface area (TPSA) is 78.9 Å². The maximum absolute atomic E-state index is 11.2. The molecule has 0 aliphatic carbocycles. The SMILES string of the molecule is CCNC(=O)CCNc1ccnc(NC)n1. The molecule has 0 bridgehead atoms. The summed E-state index contributed by atoms with van der Waals surface area (Å²) >= 11 is 0. The first-order chi connectivity index (χ1) is 7.76. The third kappa shape index (κ3) is 4.12. The van der Waals surface area contributed by atoms with Gasteiger partial charge in [-0.1, -0.05) is 0 Å². The lowest BCUT2D eigenvalue weighted by molar-refractivity contribution is -0.120. The molecule has 0 radical (unpaired) electrons. The van der Waals surface area contributed by atoms with Crippen LogP contribution >= 0.6 is 0 Å². The van der Waals surface area contributed by atoms with Gasteiger partial charge in [-0.2, -0.15) is 4.98 Å². The van der Waals surface area contributed by atoms with Crippen molar-refractivity contribution in [2.24, 2.45) is 0 Å². The number of hydrogen-bond acceptors (Lipinski definition) is 5. The predicted molar refractivity (Wildman–Crippen MR) is 63.4 cm³/mol. The van der Waals surface area contributed by atoms with E-state index in [0.29, 0.717) is 31.3 Å². The molecule has 1 heterocycles. The first kappa shape index (κ1) is 12.2. The molecule has 0 spiro atoms. The third-order valence-electron chi connectivity index (χ3n) is 1.91. The minimum atomic E-state index is 0.0397. The molecule has 3 N–H and O–H groups in total. The highest BCUT2D eigenvalue weighted by Gasteiger charge is 2.00. The van der Waals surface area contributed by atoms with Gasteiger partial charge in [0.05, 0.1) is 0 Å². The Labute approximate surface area is 94.9 Å². The highest BCUT2D eigenvalue weighted by atomic mass is 16.1. The van der Waals surface area contributed by atoms with Gasteiger partial charge in [-0.05, 0) is 13.0 Å². The van der Waals surface area contributed by atoms with Crippen LogP contribution in [0.3, 0.4) is 0 Å². The smallest absolute Gasteiger partial charge is 0.224 e. The Kier molecular flexibility index (Phi) is 5.04. The monoisotopic (exact) mass is 223 g/mol. The van der Waals surface area contributed by atoms with Crippen molar-refractivity contribution in [3.05, 3.63) is 12.3 Å². The summed E-state index contributed by atoms with van der Waals surface area (Å²) in [5.41, 5.74) is 0. The van der Waals surface area contributed by atoms with Crippen LogP contribution in [0.2, 0.25) is 0 Å². The minimum absolute atomic E-state index is 0.0397. The number of nitrogens with one attached hydrogen (secondary N) is 3. The fourth-order valence-electron chi connectivity index (χ4n) is 1.17. The molecule has 1 amide bonds. The van der Waals surface area contributed by atoms with E-state index < -0.39 is 0 Å². The molecule has 6 heteroatoms. The van der Waals surface area contributed by atoms with Crippen molar-refractivity contribution >= 4 is 17.7 Å². The zero-order valence-electron chi connectivity index (χ0n) is 9.58. The molecule has 0 atom stereocenters. The molecule has 0 saturated carbocycles. The van der Waals surface area contributed by atoms with Crippen LogP contribution in [0, 0.1) is 0 Å². The van der Waals surface area contributed by atoms with Crippen LogP contribution in [0.5, 0.6) is 0 Å². The summed E-state index contributed by atoms with van der Waals surface area (Å²) in [6, 6.07) is 1.76. The van der Waals surface area contributed by atoms with Crippen molar-refractivity contribution in [2.75, 3.05) is 30.8 Å². The average Bonchev–Trinajstić information content (AvgIpc) is 2.30. The molecule has 0 fully saturated rings. The number of anilines is 2. The van der Waals surface area contributed by atoms with Gasteiger partial charge in [0.15, 0.2) is 0 Å². The zero-order valence-corrected chi connectivity index (χ0v) is 9.58. The largest absolute Gasteiger partial charge is 0.369 e. The molecule has 1 aromatic rings. The normalized spacial score (nSPS) is 9.62. The Morgan fingerprint density at radius 3 is 3.00 bits per heavy atom. The lowest BCUT2D eigenvalue weighted by atomic mass is 10.4. The molecule has 1 aromatic heterocycles. The predicted octanol–water partition coefficient (Wildman–Crippen LogP) is 0.456. The first-order valence-electron chi connectivity index (χ1n) is 5.27.